The van der Waals surface area contributed by atoms with Crippen molar-refractivity contribution >= 4 is 49.2 Å². The van der Waals surface area contributed by atoms with E-state index in [1.807, 2.05) is 24.4 Å². The van der Waals surface area contributed by atoms with E-state index in [-0.39, 0.29) is 23.0 Å². The monoisotopic (exact) mass is 510 g/mol. The fraction of sp³-hybridized carbons (Fsp3) is 0.391. The van der Waals surface area contributed by atoms with Gasteiger partial charge in [-0.25, -0.2) is 13.4 Å². The Morgan fingerprint density at radius 1 is 1.17 bits per heavy atom. The van der Waals surface area contributed by atoms with E-state index >= 15 is 0 Å². The minimum Gasteiger partial charge on any atom is -0.351 e. The summed E-state index contributed by atoms with van der Waals surface area (Å²) in [5.41, 5.74) is 0.959. The van der Waals surface area contributed by atoms with Gasteiger partial charge in [-0.1, -0.05) is 6.42 Å². The predicted molar refractivity (Wildman–Crippen MR) is 135 cm³/mol. The maximum atomic E-state index is 13.4. The van der Waals surface area contributed by atoms with E-state index in [1.165, 1.54) is 6.20 Å². The maximum absolute atomic E-state index is 13.4. The van der Waals surface area contributed by atoms with E-state index < -0.39 is 10.0 Å². The number of aromatic nitrogens is 5. The summed E-state index contributed by atoms with van der Waals surface area (Å²) in [7, 11) is -3.58. The molecule has 0 aliphatic carbocycles. The predicted octanol–water partition coefficient (Wildman–Crippen LogP) is 4.05. The third-order valence-corrected chi connectivity index (χ3v) is 9.52. The van der Waals surface area contributed by atoms with Crippen LogP contribution in [0.15, 0.2) is 46.9 Å². The molecule has 3 N–H and O–H groups in total. The smallest absolute Gasteiger partial charge is 0.245 e. The molecule has 2 atom stereocenters. The van der Waals surface area contributed by atoms with E-state index in [0.717, 1.165) is 35.2 Å². The minimum absolute atomic E-state index is 0.0553. The van der Waals surface area contributed by atoms with Crippen molar-refractivity contribution in [2.24, 2.45) is 0 Å². The van der Waals surface area contributed by atoms with Crippen LogP contribution in [0.1, 0.15) is 37.8 Å². The molecule has 0 spiro atoms. The molecule has 0 aromatic carbocycles. The highest BCUT2D eigenvalue weighted by molar-refractivity contribution is 7.89. The van der Waals surface area contributed by atoms with Gasteiger partial charge >= 0.3 is 0 Å². The summed E-state index contributed by atoms with van der Waals surface area (Å²) in [6, 6.07) is 7.20. The number of fused-ring (bicyclic) bond motifs is 3. The van der Waals surface area contributed by atoms with Crippen LogP contribution in [0.4, 0.5) is 17.6 Å². The Labute approximate surface area is 207 Å². The van der Waals surface area contributed by atoms with Crippen molar-refractivity contribution in [3.8, 4) is 0 Å². The molecule has 6 heterocycles. The summed E-state index contributed by atoms with van der Waals surface area (Å²) in [6.07, 6.45) is 7.20. The Morgan fingerprint density at radius 2 is 2.00 bits per heavy atom. The van der Waals surface area contributed by atoms with E-state index in [9.17, 15) is 8.42 Å². The number of aromatic amines is 1. The van der Waals surface area contributed by atoms with Crippen molar-refractivity contribution in [3.05, 3.63) is 47.7 Å². The summed E-state index contributed by atoms with van der Waals surface area (Å²) in [4.78, 5) is 14.7. The lowest BCUT2D eigenvalue weighted by Crippen LogP contribution is -2.57. The van der Waals surface area contributed by atoms with Crippen molar-refractivity contribution in [2.75, 3.05) is 10.6 Å². The number of pyridine rings is 1. The number of aryl methyl sites for hydroxylation is 1. The molecule has 4 aromatic heterocycles. The fourth-order valence-corrected chi connectivity index (χ4v) is 7.89. The summed E-state index contributed by atoms with van der Waals surface area (Å²) >= 11 is 1.56. The summed E-state index contributed by atoms with van der Waals surface area (Å²) < 4.78 is 28.6. The van der Waals surface area contributed by atoms with Crippen LogP contribution in [0, 0.1) is 6.92 Å². The van der Waals surface area contributed by atoms with Gasteiger partial charge in [-0.3, -0.25) is 10.1 Å². The van der Waals surface area contributed by atoms with Gasteiger partial charge in [0.25, 0.3) is 0 Å². The van der Waals surface area contributed by atoms with Crippen molar-refractivity contribution in [2.45, 2.75) is 62.0 Å². The van der Waals surface area contributed by atoms with Crippen LogP contribution in [-0.2, 0) is 10.0 Å². The molecule has 2 aliphatic rings. The molecule has 0 unspecified atom stereocenters. The molecule has 35 heavy (non-hydrogen) atoms. The normalized spacial score (nSPS) is 22.8. The SMILES string of the molecule is Cc1cc(Nc2nc(NC3C[C@@H]4CCC[C@@H](C3)N4S(=O)(=O)c3cccnc3)nc3sccc23)n[nH]1. The Balaban J connectivity index is 1.25. The molecule has 2 saturated heterocycles. The number of thiophene rings is 1. The molecule has 2 fully saturated rings. The van der Waals surface area contributed by atoms with E-state index in [1.54, 1.807) is 34.0 Å². The molecule has 4 aromatic rings. The highest BCUT2D eigenvalue weighted by Gasteiger charge is 2.45. The second-order valence-corrected chi connectivity index (χ2v) is 11.9. The van der Waals surface area contributed by atoms with Crippen molar-refractivity contribution in [1.29, 1.82) is 0 Å². The second-order valence-electron chi connectivity index (χ2n) is 9.17. The van der Waals surface area contributed by atoms with Crippen LogP contribution in [0.2, 0.25) is 0 Å². The molecule has 0 amide bonds. The standard InChI is InChI=1S/C23H26N8O2S2/c1-14-10-20(30-29-14)26-21-19-7-9-34-22(19)28-23(27-21)25-15-11-16-4-2-5-17(12-15)31(16)35(32,33)18-6-3-8-24-13-18/h3,6-10,13,15-17H,2,4-5,11-12H2,1H3,(H3,25,26,27,28,29,30)/t16-,17-/m0/s1. The highest BCUT2D eigenvalue weighted by atomic mass is 32.2. The number of rotatable bonds is 6. The van der Waals surface area contributed by atoms with Crippen LogP contribution in [0.5, 0.6) is 0 Å². The molecule has 2 aliphatic heterocycles. The Hall–Kier alpha value is -3.09. The van der Waals surface area contributed by atoms with Crippen LogP contribution in [0.25, 0.3) is 10.2 Å². The van der Waals surface area contributed by atoms with Gasteiger partial charge in [0.15, 0.2) is 5.82 Å². The fourth-order valence-electron chi connectivity index (χ4n) is 5.27. The van der Waals surface area contributed by atoms with E-state index in [4.69, 9.17) is 9.97 Å². The van der Waals surface area contributed by atoms with Crippen molar-refractivity contribution < 1.29 is 8.42 Å². The van der Waals surface area contributed by atoms with Gasteiger partial charge in [-0.2, -0.15) is 14.4 Å². The number of hydrogen-bond donors (Lipinski definition) is 3. The molecule has 10 nitrogen and oxygen atoms in total. The lowest BCUT2D eigenvalue weighted by molar-refractivity contribution is 0.115. The zero-order valence-electron chi connectivity index (χ0n) is 19.2. The first-order chi connectivity index (χ1) is 17.0. The summed E-state index contributed by atoms with van der Waals surface area (Å²) in [5.74, 6) is 1.94. The number of hydrogen-bond acceptors (Lipinski definition) is 9. The lowest BCUT2D eigenvalue weighted by atomic mass is 9.84. The largest absolute Gasteiger partial charge is 0.351 e. The van der Waals surface area contributed by atoms with E-state index in [0.29, 0.717) is 30.4 Å². The second kappa shape index (κ2) is 8.85. The zero-order chi connectivity index (χ0) is 24.0. The molecule has 6 rings (SSSR count). The van der Waals surface area contributed by atoms with Gasteiger partial charge in [0.1, 0.15) is 15.5 Å². The van der Waals surface area contributed by atoms with Gasteiger partial charge in [0, 0.05) is 42.3 Å². The van der Waals surface area contributed by atoms with Gasteiger partial charge in [-0.15, -0.1) is 11.3 Å². The number of sulfonamides is 1. The number of nitrogens with one attached hydrogen (secondary N) is 3. The first-order valence-corrected chi connectivity index (χ1v) is 14.0. The van der Waals surface area contributed by atoms with Gasteiger partial charge in [0.05, 0.1) is 5.39 Å². The van der Waals surface area contributed by atoms with Crippen LogP contribution in [-0.4, -0.2) is 56.0 Å². The lowest BCUT2D eigenvalue weighted by Gasteiger charge is -2.47. The van der Waals surface area contributed by atoms with Gasteiger partial charge in [-0.05, 0) is 56.2 Å². The molecule has 2 bridgehead atoms. The van der Waals surface area contributed by atoms with Gasteiger partial charge in [0.2, 0.25) is 16.0 Å². The number of H-pyrrole nitrogens is 1. The highest BCUT2D eigenvalue weighted by Crippen LogP contribution is 2.39. The molecular weight excluding hydrogens is 484 g/mol. The Kier molecular flexibility index (Phi) is 5.66. The third-order valence-electron chi connectivity index (χ3n) is 6.73. The minimum atomic E-state index is -3.58. The summed E-state index contributed by atoms with van der Waals surface area (Å²) in [6.45, 7) is 1.95. The Morgan fingerprint density at radius 3 is 2.71 bits per heavy atom. The number of anilines is 3. The first-order valence-electron chi connectivity index (χ1n) is 11.7. The van der Waals surface area contributed by atoms with Crippen LogP contribution >= 0.6 is 11.3 Å². The van der Waals surface area contributed by atoms with Crippen molar-refractivity contribution in [1.82, 2.24) is 29.5 Å². The Bertz CT molecular complexity index is 1440. The number of nitrogens with zero attached hydrogens (tertiary/aromatic N) is 5. The van der Waals surface area contributed by atoms with Crippen LogP contribution in [0.3, 0.4) is 0 Å². The van der Waals surface area contributed by atoms with Crippen molar-refractivity contribution in [3.63, 3.8) is 0 Å². The molecule has 182 valence electrons. The first kappa shape index (κ1) is 22.4. The number of piperidine rings is 2. The topological polar surface area (TPSA) is 129 Å². The molecule has 12 heteroatoms. The average molecular weight is 511 g/mol. The van der Waals surface area contributed by atoms with Crippen LogP contribution < -0.4 is 10.6 Å². The van der Waals surface area contributed by atoms with Gasteiger partial charge < -0.3 is 10.6 Å². The zero-order valence-corrected chi connectivity index (χ0v) is 20.8. The van der Waals surface area contributed by atoms with E-state index in [2.05, 4.69) is 25.8 Å². The average Bonchev–Trinajstić information content (AvgIpc) is 3.48. The molecular formula is C23H26N8O2S2. The maximum Gasteiger partial charge on any atom is 0.245 e. The molecule has 0 saturated carbocycles. The third kappa shape index (κ3) is 4.26. The quantitative estimate of drug-likeness (QED) is 0.354. The molecule has 0 radical (unpaired) electrons. The summed E-state index contributed by atoms with van der Waals surface area (Å²) in [5, 5.41) is 16.9.